The van der Waals surface area contributed by atoms with Crippen LogP contribution >= 0.6 is 11.3 Å². The molecule has 0 aliphatic carbocycles. The largest absolute Gasteiger partial charge is 0.489 e. The van der Waals surface area contributed by atoms with Gasteiger partial charge < -0.3 is 10.5 Å². The summed E-state index contributed by atoms with van der Waals surface area (Å²) in [6.45, 7) is 2.87. The molecule has 0 saturated carbocycles. The Kier molecular flexibility index (Phi) is 5.23. The molecule has 1 aliphatic rings. The van der Waals surface area contributed by atoms with Gasteiger partial charge in [0.2, 0.25) is 5.91 Å². The molecule has 4 rings (SSSR count). The van der Waals surface area contributed by atoms with Gasteiger partial charge in [0, 0.05) is 30.1 Å². The molecule has 1 saturated heterocycles. The fourth-order valence-corrected chi connectivity index (χ4v) is 4.14. The molecule has 2 aromatic carbocycles. The molecule has 1 aliphatic heterocycles. The van der Waals surface area contributed by atoms with Gasteiger partial charge in [-0.1, -0.05) is 30.3 Å². The van der Waals surface area contributed by atoms with Crippen LogP contribution in [0.25, 0.3) is 10.4 Å². The Morgan fingerprint density at radius 2 is 1.89 bits per heavy atom. The lowest BCUT2D eigenvalue weighted by molar-refractivity contribution is 0.1000. The molecule has 5 heteroatoms. The summed E-state index contributed by atoms with van der Waals surface area (Å²) in [5.74, 6) is 0.367. The summed E-state index contributed by atoms with van der Waals surface area (Å²) in [7, 11) is 0. The standard InChI is InChI=1S/C22H22N2O2S/c23-22(25)18-7-9-19(10-8-18)26-20-11-12-24(15-20)14-16-3-5-17(6-4-16)21-2-1-13-27-21/h1-10,13,20H,11-12,14-15H2,(H2,23,25). The normalized spacial score (nSPS) is 17.1. The van der Waals surface area contributed by atoms with Crippen LogP contribution in [0.1, 0.15) is 22.3 Å². The quantitative estimate of drug-likeness (QED) is 0.700. The van der Waals surface area contributed by atoms with Crippen LogP contribution in [0.2, 0.25) is 0 Å². The van der Waals surface area contributed by atoms with Crippen molar-refractivity contribution in [3.63, 3.8) is 0 Å². The number of hydrogen-bond acceptors (Lipinski definition) is 4. The zero-order valence-corrected chi connectivity index (χ0v) is 15.8. The van der Waals surface area contributed by atoms with Gasteiger partial charge >= 0.3 is 0 Å². The number of nitrogens with two attached hydrogens (primary N) is 1. The van der Waals surface area contributed by atoms with Crippen LogP contribution < -0.4 is 10.5 Å². The fraction of sp³-hybridized carbons (Fsp3) is 0.227. The van der Waals surface area contributed by atoms with Crippen LogP contribution in [0.4, 0.5) is 0 Å². The van der Waals surface area contributed by atoms with Gasteiger partial charge in [-0.25, -0.2) is 0 Å². The Labute approximate surface area is 163 Å². The Morgan fingerprint density at radius 1 is 1.11 bits per heavy atom. The van der Waals surface area contributed by atoms with Gasteiger partial charge in [-0.05, 0) is 53.3 Å². The van der Waals surface area contributed by atoms with E-state index >= 15 is 0 Å². The maximum Gasteiger partial charge on any atom is 0.248 e. The molecule has 1 amide bonds. The molecule has 1 atom stereocenters. The smallest absolute Gasteiger partial charge is 0.248 e. The van der Waals surface area contributed by atoms with E-state index in [0.29, 0.717) is 5.56 Å². The number of amides is 1. The van der Waals surface area contributed by atoms with E-state index < -0.39 is 5.91 Å². The molecule has 0 spiro atoms. The van der Waals surface area contributed by atoms with Crippen LogP contribution in [-0.4, -0.2) is 30.0 Å². The second-order valence-electron chi connectivity index (χ2n) is 6.83. The van der Waals surface area contributed by atoms with E-state index in [9.17, 15) is 4.79 Å². The highest BCUT2D eigenvalue weighted by Crippen LogP contribution is 2.26. The first-order valence-electron chi connectivity index (χ1n) is 9.09. The molecular formula is C22H22N2O2S. The average Bonchev–Trinajstić information content (AvgIpc) is 3.35. The van der Waals surface area contributed by atoms with Crippen LogP contribution in [0.15, 0.2) is 66.0 Å². The molecule has 0 radical (unpaired) electrons. The second kappa shape index (κ2) is 7.94. The van der Waals surface area contributed by atoms with E-state index in [1.807, 2.05) is 12.1 Å². The highest BCUT2D eigenvalue weighted by molar-refractivity contribution is 7.13. The summed E-state index contributed by atoms with van der Waals surface area (Å²) in [6, 6.07) is 20.1. The molecule has 138 valence electrons. The zero-order chi connectivity index (χ0) is 18.6. The molecule has 3 aromatic rings. The minimum atomic E-state index is -0.418. The molecular weight excluding hydrogens is 356 g/mol. The first kappa shape index (κ1) is 17.8. The summed E-state index contributed by atoms with van der Waals surface area (Å²) in [5.41, 5.74) is 8.37. The Morgan fingerprint density at radius 3 is 2.56 bits per heavy atom. The van der Waals surface area contributed by atoms with Gasteiger partial charge in [0.25, 0.3) is 0 Å². The number of primary amides is 1. The lowest BCUT2D eigenvalue weighted by atomic mass is 10.1. The third kappa shape index (κ3) is 4.38. The van der Waals surface area contributed by atoms with Crippen molar-refractivity contribution in [2.75, 3.05) is 13.1 Å². The first-order chi connectivity index (χ1) is 13.2. The molecule has 2 heterocycles. The van der Waals surface area contributed by atoms with Gasteiger partial charge in [0.15, 0.2) is 0 Å². The molecule has 1 unspecified atom stereocenters. The van der Waals surface area contributed by atoms with Gasteiger partial charge in [0.1, 0.15) is 11.9 Å². The predicted octanol–water partition coefficient (Wildman–Crippen LogP) is 4.17. The fourth-order valence-electron chi connectivity index (χ4n) is 3.40. The minimum absolute atomic E-state index is 0.176. The number of benzene rings is 2. The molecule has 4 nitrogen and oxygen atoms in total. The maximum absolute atomic E-state index is 11.1. The summed E-state index contributed by atoms with van der Waals surface area (Å²) < 4.78 is 6.05. The topological polar surface area (TPSA) is 55.6 Å². The third-order valence-electron chi connectivity index (χ3n) is 4.84. The van der Waals surface area contributed by atoms with Crippen molar-refractivity contribution >= 4 is 17.2 Å². The highest BCUT2D eigenvalue weighted by atomic mass is 32.1. The van der Waals surface area contributed by atoms with Crippen molar-refractivity contribution < 1.29 is 9.53 Å². The summed E-state index contributed by atoms with van der Waals surface area (Å²) in [6.07, 6.45) is 1.18. The molecule has 1 fully saturated rings. The van der Waals surface area contributed by atoms with Gasteiger partial charge in [-0.3, -0.25) is 9.69 Å². The van der Waals surface area contributed by atoms with Gasteiger partial charge in [0.05, 0.1) is 0 Å². The van der Waals surface area contributed by atoms with Crippen LogP contribution in [0, 0.1) is 0 Å². The first-order valence-corrected chi connectivity index (χ1v) is 9.97. The monoisotopic (exact) mass is 378 g/mol. The molecule has 1 aromatic heterocycles. The van der Waals surface area contributed by atoms with Gasteiger partial charge in [-0.15, -0.1) is 11.3 Å². The van der Waals surface area contributed by atoms with Crippen LogP contribution in [0.5, 0.6) is 5.75 Å². The van der Waals surface area contributed by atoms with Crippen molar-refractivity contribution in [1.82, 2.24) is 4.90 Å². The minimum Gasteiger partial charge on any atom is -0.489 e. The number of nitrogens with zero attached hydrogens (tertiary/aromatic N) is 1. The van der Waals surface area contributed by atoms with Crippen molar-refractivity contribution in [1.29, 1.82) is 0 Å². The summed E-state index contributed by atoms with van der Waals surface area (Å²) in [5, 5.41) is 2.11. The van der Waals surface area contributed by atoms with Crippen LogP contribution in [-0.2, 0) is 6.54 Å². The predicted molar refractivity (Wildman–Crippen MR) is 109 cm³/mol. The third-order valence-corrected chi connectivity index (χ3v) is 5.76. The van der Waals surface area contributed by atoms with E-state index in [1.165, 1.54) is 16.0 Å². The lowest BCUT2D eigenvalue weighted by Crippen LogP contribution is -2.24. The number of hydrogen-bond donors (Lipinski definition) is 1. The number of rotatable bonds is 6. The lowest BCUT2D eigenvalue weighted by Gasteiger charge is -2.17. The highest BCUT2D eigenvalue weighted by Gasteiger charge is 2.24. The molecule has 27 heavy (non-hydrogen) atoms. The molecule has 0 bridgehead atoms. The summed E-state index contributed by atoms with van der Waals surface area (Å²) >= 11 is 1.77. The Bertz CT molecular complexity index is 889. The van der Waals surface area contributed by atoms with Crippen molar-refractivity contribution in [2.45, 2.75) is 19.1 Å². The van der Waals surface area contributed by atoms with E-state index in [1.54, 1.807) is 23.5 Å². The van der Waals surface area contributed by atoms with Crippen LogP contribution in [0.3, 0.4) is 0 Å². The van der Waals surface area contributed by atoms with Crippen molar-refractivity contribution in [3.05, 3.63) is 77.2 Å². The second-order valence-corrected chi connectivity index (χ2v) is 7.77. The van der Waals surface area contributed by atoms with Gasteiger partial charge in [-0.2, -0.15) is 0 Å². The molecule has 2 N–H and O–H groups in total. The van der Waals surface area contributed by atoms with Crippen molar-refractivity contribution in [3.8, 4) is 16.2 Å². The zero-order valence-electron chi connectivity index (χ0n) is 15.0. The maximum atomic E-state index is 11.1. The van der Waals surface area contributed by atoms with E-state index in [4.69, 9.17) is 10.5 Å². The summed E-state index contributed by atoms with van der Waals surface area (Å²) in [4.78, 5) is 14.9. The Hall–Kier alpha value is -2.63. The van der Waals surface area contributed by atoms with E-state index in [2.05, 4.69) is 46.7 Å². The SMILES string of the molecule is NC(=O)c1ccc(OC2CCN(Cc3ccc(-c4cccs4)cc3)C2)cc1. The number of carbonyl (C=O) groups is 1. The average molecular weight is 378 g/mol. The Balaban J connectivity index is 1.31. The van der Waals surface area contributed by atoms with Crippen molar-refractivity contribution in [2.24, 2.45) is 5.73 Å². The number of likely N-dealkylation sites (tertiary alicyclic amines) is 1. The number of carbonyl (C=O) groups excluding carboxylic acids is 1. The van der Waals surface area contributed by atoms with E-state index in [0.717, 1.165) is 31.8 Å². The van der Waals surface area contributed by atoms with E-state index in [-0.39, 0.29) is 6.10 Å². The number of thiophene rings is 1. The number of ether oxygens (including phenoxy) is 1.